The largest absolute Gasteiger partial charge is 0.327 e. The zero-order chi connectivity index (χ0) is 45.7. The minimum Gasteiger partial charge on any atom is -0.327 e. The lowest BCUT2D eigenvalue weighted by Gasteiger charge is -2.45. The third kappa shape index (κ3) is 12.5. The summed E-state index contributed by atoms with van der Waals surface area (Å²) in [5, 5.41) is 46.7. The van der Waals surface area contributed by atoms with Crippen molar-refractivity contribution in [3.05, 3.63) is 160 Å². The van der Waals surface area contributed by atoms with Crippen molar-refractivity contribution in [3.63, 3.8) is 0 Å². The number of piperazine rings is 2. The number of benzene rings is 4. The summed E-state index contributed by atoms with van der Waals surface area (Å²) in [6, 6.07) is 25.8. The van der Waals surface area contributed by atoms with E-state index >= 15 is 0 Å². The maximum atomic E-state index is 13.3. The molecule has 0 spiro atoms. The van der Waals surface area contributed by atoms with Gasteiger partial charge in [0.05, 0.1) is 97.3 Å². The predicted molar refractivity (Wildman–Crippen MR) is 238 cm³/mol. The van der Waals surface area contributed by atoms with Crippen molar-refractivity contribution < 1.29 is 38.2 Å². The van der Waals surface area contributed by atoms with E-state index in [-0.39, 0.29) is 34.6 Å². The molecule has 18 nitrogen and oxygen atoms in total. The number of carbonyl (C=O) groups is 2. The van der Waals surface area contributed by atoms with Gasteiger partial charge >= 0.3 is 0 Å². The molecule has 338 valence electrons. The van der Waals surface area contributed by atoms with Crippen molar-refractivity contribution in [2.24, 2.45) is 0 Å². The van der Waals surface area contributed by atoms with E-state index < -0.39 is 19.7 Å². The first-order valence-electron chi connectivity index (χ1n) is 22.0. The van der Waals surface area contributed by atoms with Gasteiger partial charge in [0.15, 0.2) is 0 Å². The first kappa shape index (κ1) is 46.8. The van der Waals surface area contributed by atoms with E-state index in [1.165, 1.54) is 24.3 Å². The summed E-state index contributed by atoms with van der Waals surface area (Å²) >= 11 is 0. The van der Waals surface area contributed by atoms with Crippen LogP contribution in [0.15, 0.2) is 97.1 Å². The van der Waals surface area contributed by atoms with Crippen molar-refractivity contribution in [1.82, 2.24) is 9.80 Å². The average molecular weight is 881 g/mol. The molecule has 0 bridgehead atoms. The minimum absolute atomic E-state index is 0.0482. The van der Waals surface area contributed by atoms with E-state index in [0.29, 0.717) is 96.7 Å². The molecule has 2 aliphatic rings. The Morgan fingerprint density at radius 2 is 0.719 bits per heavy atom. The molecule has 2 aliphatic heterocycles. The third-order valence-corrected chi connectivity index (χ3v) is 12.8. The van der Waals surface area contributed by atoms with Crippen molar-refractivity contribution in [3.8, 4) is 0 Å². The molecule has 0 aromatic heterocycles. The Balaban J connectivity index is 1.01. The molecule has 2 fully saturated rings. The molecule has 2 amide bonds. The summed E-state index contributed by atoms with van der Waals surface area (Å²) in [6.45, 7) is 6.79. The molecule has 0 aliphatic carbocycles. The summed E-state index contributed by atoms with van der Waals surface area (Å²) < 4.78 is 1.14. The molecule has 0 N–H and O–H groups in total. The normalized spacial score (nSPS) is 15.6. The predicted octanol–water partition coefficient (Wildman–Crippen LogP) is 8.09. The highest BCUT2D eigenvalue weighted by atomic mass is 16.6. The minimum atomic E-state index is -0.607. The van der Waals surface area contributed by atoms with Crippen LogP contribution in [0, 0.1) is 40.5 Å². The SMILES string of the molecule is O=C(c1ccccc1)N1CC[N+](CCCCCCCCCC[N+]2(Cc3cc([N+](=O)[O-])cc([N+](=O)[O-])c3)CCN(C(=O)c3ccccc3)CC2)(Cc2cc([N+](=O)[O-])cc([N+](=O)[O-])c2)CC1. The van der Waals surface area contributed by atoms with Gasteiger partial charge in [-0.15, -0.1) is 0 Å². The van der Waals surface area contributed by atoms with Crippen LogP contribution in [0.5, 0.6) is 0 Å². The second-order valence-electron chi connectivity index (χ2n) is 17.2. The van der Waals surface area contributed by atoms with E-state index in [1.807, 2.05) is 46.2 Å². The van der Waals surface area contributed by atoms with Crippen LogP contribution in [0.1, 0.15) is 83.2 Å². The number of unbranched alkanes of at least 4 members (excludes halogenated alkanes) is 7. The van der Waals surface area contributed by atoms with Crippen LogP contribution in [0.3, 0.4) is 0 Å². The number of carbonyl (C=O) groups excluding carboxylic acids is 2. The van der Waals surface area contributed by atoms with Gasteiger partial charge in [-0.2, -0.15) is 0 Å². The van der Waals surface area contributed by atoms with Crippen LogP contribution in [0.2, 0.25) is 0 Å². The highest BCUT2D eigenvalue weighted by molar-refractivity contribution is 5.94. The molecular weight excluding hydrogens is 825 g/mol. The second-order valence-corrected chi connectivity index (χ2v) is 17.2. The van der Waals surface area contributed by atoms with Crippen LogP contribution in [-0.4, -0.2) is 116 Å². The molecule has 0 atom stereocenters. The molecular formula is C46H56N8O10+2. The lowest BCUT2D eigenvalue weighted by molar-refractivity contribution is -0.944. The smallest absolute Gasteiger partial charge is 0.276 e. The van der Waals surface area contributed by atoms with Crippen LogP contribution >= 0.6 is 0 Å². The van der Waals surface area contributed by atoms with Gasteiger partial charge in [-0.3, -0.25) is 50.0 Å². The fourth-order valence-corrected chi connectivity index (χ4v) is 9.28. The van der Waals surface area contributed by atoms with Gasteiger partial charge in [-0.1, -0.05) is 62.1 Å². The van der Waals surface area contributed by atoms with Gasteiger partial charge in [0.1, 0.15) is 13.1 Å². The Morgan fingerprint density at radius 1 is 0.438 bits per heavy atom. The number of quaternary nitrogens is 2. The number of hydrogen-bond acceptors (Lipinski definition) is 10. The topological polar surface area (TPSA) is 213 Å². The zero-order valence-electron chi connectivity index (χ0n) is 36.0. The molecule has 0 radical (unpaired) electrons. The highest BCUT2D eigenvalue weighted by Crippen LogP contribution is 2.30. The van der Waals surface area contributed by atoms with E-state index in [9.17, 15) is 50.0 Å². The molecule has 2 saturated heterocycles. The zero-order valence-corrected chi connectivity index (χ0v) is 36.0. The van der Waals surface area contributed by atoms with Crippen molar-refractivity contribution >= 4 is 34.6 Å². The molecule has 18 heteroatoms. The van der Waals surface area contributed by atoms with Crippen molar-refractivity contribution in [1.29, 1.82) is 0 Å². The summed E-state index contributed by atoms with van der Waals surface area (Å²) in [7, 11) is 0. The van der Waals surface area contributed by atoms with Crippen LogP contribution in [0.25, 0.3) is 0 Å². The van der Waals surface area contributed by atoms with Gasteiger partial charge in [0.2, 0.25) is 0 Å². The Kier molecular flexibility index (Phi) is 15.8. The lowest BCUT2D eigenvalue weighted by atomic mass is 10.0. The summed E-state index contributed by atoms with van der Waals surface area (Å²) in [6.07, 6.45) is 7.81. The fourth-order valence-electron chi connectivity index (χ4n) is 9.28. The van der Waals surface area contributed by atoms with E-state index in [1.54, 1.807) is 24.3 Å². The molecule has 4 aromatic carbocycles. The highest BCUT2D eigenvalue weighted by Gasteiger charge is 2.37. The third-order valence-electron chi connectivity index (χ3n) is 12.8. The lowest BCUT2D eigenvalue weighted by Crippen LogP contribution is -2.60. The van der Waals surface area contributed by atoms with E-state index in [0.717, 1.165) is 76.6 Å². The number of amides is 2. The van der Waals surface area contributed by atoms with Gasteiger partial charge < -0.3 is 18.8 Å². The van der Waals surface area contributed by atoms with Gasteiger partial charge in [0.25, 0.3) is 34.6 Å². The number of nitro benzene ring substituents is 4. The first-order valence-corrected chi connectivity index (χ1v) is 22.0. The summed E-state index contributed by atoms with van der Waals surface area (Å²) in [5.74, 6) is -0.0964. The summed E-state index contributed by atoms with van der Waals surface area (Å²) in [5.41, 5.74) is 1.02. The van der Waals surface area contributed by atoms with Crippen LogP contribution < -0.4 is 0 Å². The maximum Gasteiger partial charge on any atom is 0.276 e. The first-order chi connectivity index (χ1) is 30.8. The van der Waals surface area contributed by atoms with Gasteiger partial charge in [-0.25, -0.2) is 0 Å². The number of rotatable bonds is 21. The Bertz CT molecular complexity index is 2070. The van der Waals surface area contributed by atoms with Crippen LogP contribution in [-0.2, 0) is 13.1 Å². The van der Waals surface area contributed by atoms with Crippen LogP contribution in [0.4, 0.5) is 22.7 Å². The van der Waals surface area contributed by atoms with Crippen molar-refractivity contribution in [2.45, 2.75) is 64.5 Å². The van der Waals surface area contributed by atoms with Gasteiger partial charge in [0, 0.05) is 46.5 Å². The average Bonchev–Trinajstić information content (AvgIpc) is 3.30. The fraction of sp³-hybridized carbons (Fsp3) is 0.435. The summed E-state index contributed by atoms with van der Waals surface area (Å²) in [4.78, 5) is 74.5. The molecule has 2 heterocycles. The number of nitrogens with zero attached hydrogens (tertiary/aromatic N) is 8. The van der Waals surface area contributed by atoms with E-state index in [2.05, 4.69) is 0 Å². The molecule has 0 unspecified atom stereocenters. The maximum absolute atomic E-state index is 13.3. The Hall–Kier alpha value is -6.66. The van der Waals surface area contributed by atoms with E-state index in [4.69, 9.17) is 0 Å². The number of nitro groups is 4. The number of hydrogen-bond donors (Lipinski definition) is 0. The number of non-ortho nitro benzene ring substituents is 4. The molecule has 6 rings (SSSR count). The standard InChI is InChI=1S/C46H56N8O10/c55-45(39-15-9-7-10-16-39)47-19-25-53(26-20-47,35-37-29-41(49(57)58)33-42(30-37)50(59)60)23-13-5-3-1-2-4-6-14-24-54(36-38-31-43(51(61)62)34-44(32-38)52(63)64)27-21-48(22-28-54)46(56)40-17-11-8-12-18-40/h7-12,15-18,29-34H,1-6,13-14,19-28,35-36H2/q+2. The molecule has 0 saturated carbocycles. The van der Waals surface area contributed by atoms with Crippen molar-refractivity contribution in [2.75, 3.05) is 65.4 Å². The Morgan fingerprint density at radius 3 is 1.00 bits per heavy atom. The quantitative estimate of drug-likeness (QED) is 0.0339. The molecule has 64 heavy (non-hydrogen) atoms. The second kappa shape index (κ2) is 21.6. The molecule has 4 aromatic rings. The van der Waals surface area contributed by atoms with Gasteiger partial charge in [-0.05, 0) is 49.9 Å². The Labute approximate surface area is 371 Å². The monoisotopic (exact) mass is 880 g/mol.